The molecule has 0 radical (unpaired) electrons. The number of aromatic carboxylic acids is 1. The second-order valence-corrected chi connectivity index (χ2v) is 4.39. The van der Waals surface area contributed by atoms with E-state index in [9.17, 15) is 14.9 Å². The van der Waals surface area contributed by atoms with E-state index in [1.807, 2.05) is 13.8 Å². The highest BCUT2D eigenvalue weighted by Gasteiger charge is 2.21. The van der Waals surface area contributed by atoms with Crippen LogP contribution in [-0.4, -0.2) is 33.8 Å². The highest BCUT2D eigenvalue weighted by atomic mass is 16.6. The van der Waals surface area contributed by atoms with Crippen LogP contribution < -0.4 is 5.32 Å². The molecule has 7 nitrogen and oxygen atoms in total. The van der Waals surface area contributed by atoms with Crippen molar-refractivity contribution in [1.29, 1.82) is 0 Å². The summed E-state index contributed by atoms with van der Waals surface area (Å²) in [6, 6.07) is 3.75. The third-order valence-electron chi connectivity index (χ3n) is 2.96. The van der Waals surface area contributed by atoms with Crippen LogP contribution in [0, 0.1) is 16.0 Å². The number of carbonyl (C=O) groups is 1. The third-order valence-corrected chi connectivity index (χ3v) is 2.96. The van der Waals surface area contributed by atoms with E-state index >= 15 is 0 Å². The lowest BCUT2D eigenvalue weighted by molar-refractivity contribution is -0.385. The van der Waals surface area contributed by atoms with Crippen molar-refractivity contribution in [3.8, 4) is 0 Å². The Bertz CT molecular complexity index is 489. The molecule has 1 aromatic rings. The van der Waals surface area contributed by atoms with Crippen molar-refractivity contribution in [2.45, 2.75) is 19.9 Å². The van der Waals surface area contributed by atoms with Gasteiger partial charge in [-0.3, -0.25) is 10.1 Å². The number of nitro groups is 1. The van der Waals surface area contributed by atoms with Gasteiger partial charge in [0.15, 0.2) is 0 Å². The number of benzene rings is 1. The van der Waals surface area contributed by atoms with Gasteiger partial charge in [-0.2, -0.15) is 0 Å². The lowest BCUT2D eigenvalue weighted by atomic mass is 10.0. The zero-order chi connectivity index (χ0) is 14.6. The number of rotatable bonds is 6. The molecular weight excluding hydrogens is 252 g/mol. The summed E-state index contributed by atoms with van der Waals surface area (Å²) < 4.78 is 0. The van der Waals surface area contributed by atoms with Gasteiger partial charge in [0.25, 0.3) is 5.69 Å². The van der Waals surface area contributed by atoms with Crippen LogP contribution in [0.4, 0.5) is 11.4 Å². The Kier molecular flexibility index (Phi) is 4.82. The topological polar surface area (TPSA) is 113 Å². The minimum atomic E-state index is -1.34. The first-order valence-electron chi connectivity index (χ1n) is 5.76. The van der Waals surface area contributed by atoms with E-state index in [2.05, 4.69) is 5.32 Å². The molecule has 0 spiro atoms. The number of aliphatic hydroxyl groups is 1. The number of hydrogen-bond donors (Lipinski definition) is 3. The maximum absolute atomic E-state index is 10.9. The molecule has 104 valence electrons. The maximum Gasteiger partial charge on any atom is 0.342 e. The highest BCUT2D eigenvalue weighted by molar-refractivity contribution is 5.93. The largest absolute Gasteiger partial charge is 0.477 e. The Morgan fingerprint density at radius 3 is 2.58 bits per heavy atom. The van der Waals surface area contributed by atoms with Crippen molar-refractivity contribution in [1.82, 2.24) is 0 Å². The van der Waals surface area contributed by atoms with Crippen LogP contribution in [0.3, 0.4) is 0 Å². The summed E-state index contributed by atoms with van der Waals surface area (Å²) >= 11 is 0. The average Bonchev–Trinajstić information content (AvgIpc) is 2.37. The fourth-order valence-corrected chi connectivity index (χ4v) is 1.52. The Balaban J connectivity index is 3.02. The zero-order valence-corrected chi connectivity index (χ0v) is 10.7. The Labute approximate surface area is 110 Å². The molecule has 0 aliphatic rings. The molecule has 2 atom stereocenters. The maximum atomic E-state index is 10.9. The number of carboxylic acid groups (broad SMARTS) is 1. The Morgan fingerprint density at radius 1 is 1.47 bits per heavy atom. The van der Waals surface area contributed by atoms with Crippen molar-refractivity contribution in [3.63, 3.8) is 0 Å². The Hall–Kier alpha value is -2.15. The molecule has 1 rings (SSSR count). The van der Waals surface area contributed by atoms with Gasteiger partial charge < -0.3 is 15.5 Å². The number of aliphatic hydroxyl groups excluding tert-OH is 1. The second kappa shape index (κ2) is 6.14. The molecule has 0 saturated heterocycles. The summed E-state index contributed by atoms with van der Waals surface area (Å²) in [4.78, 5) is 21.0. The molecule has 0 aliphatic carbocycles. The van der Waals surface area contributed by atoms with Crippen LogP contribution in [0.5, 0.6) is 0 Å². The Morgan fingerprint density at radius 2 is 2.11 bits per heavy atom. The van der Waals surface area contributed by atoms with Gasteiger partial charge in [0, 0.05) is 24.4 Å². The van der Waals surface area contributed by atoms with Crippen LogP contribution in [0.25, 0.3) is 0 Å². The molecule has 2 unspecified atom stereocenters. The number of nitrogens with one attached hydrogen (secondary N) is 1. The monoisotopic (exact) mass is 268 g/mol. The predicted molar refractivity (Wildman–Crippen MR) is 69.4 cm³/mol. The van der Waals surface area contributed by atoms with Crippen molar-refractivity contribution in [2.75, 3.05) is 11.9 Å². The van der Waals surface area contributed by atoms with E-state index in [0.29, 0.717) is 5.69 Å². The first-order valence-corrected chi connectivity index (χ1v) is 5.76. The quantitative estimate of drug-likeness (QED) is 0.535. The summed E-state index contributed by atoms with van der Waals surface area (Å²) in [5, 5.41) is 31.7. The normalized spacial score (nSPS) is 13.6. The number of nitrogens with zero attached hydrogens (tertiary/aromatic N) is 1. The van der Waals surface area contributed by atoms with E-state index in [1.165, 1.54) is 18.2 Å². The van der Waals surface area contributed by atoms with Crippen LogP contribution in [0.1, 0.15) is 24.2 Å². The van der Waals surface area contributed by atoms with Gasteiger partial charge >= 0.3 is 5.97 Å². The first-order chi connectivity index (χ1) is 8.86. The van der Waals surface area contributed by atoms with Crippen LogP contribution in [-0.2, 0) is 0 Å². The van der Waals surface area contributed by atoms with Gasteiger partial charge in [0.05, 0.1) is 4.92 Å². The van der Waals surface area contributed by atoms with Crippen LogP contribution >= 0.6 is 0 Å². The minimum absolute atomic E-state index is 0.0104. The standard InChI is InChI=1S/C12H16N2O5/c1-7(6-15)8(2)13-9-3-4-10(12(16)17)11(5-9)14(18)19/h3-5,7-8,13,15H,6H2,1-2H3,(H,16,17). The molecule has 0 heterocycles. The van der Waals surface area contributed by atoms with E-state index in [0.717, 1.165) is 0 Å². The molecule has 7 heteroatoms. The fourth-order valence-electron chi connectivity index (χ4n) is 1.52. The SMILES string of the molecule is CC(CO)C(C)Nc1ccc(C(=O)O)c([N+](=O)[O-])c1. The molecule has 0 aromatic heterocycles. The van der Waals surface area contributed by atoms with Gasteiger partial charge in [-0.15, -0.1) is 0 Å². The van der Waals surface area contributed by atoms with Crippen LogP contribution in [0.2, 0.25) is 0 Å². The molecule has 3 N–H and O–H groups in total. The van der Waals surface area contributed by atoms with Crippen molar-refractivity contribution in [3.05, 3.63) is 33.9 Å². The number of carboxylic acids is 1. The minimum Gasteiger partial charge on any atom is -0.477 e. The molecule has 1 aromatic carbocycles. The predicted octanol–water partition coefficient (Wildman–Crippen LogP) is 1.72. The number of nitro benzene ring substituents is 1. The smallest absolute Gasteiger partial charge is 0.342 e. The zero-order valence-electron chi connectivity index (χ0n) is 10.7. The molecule has 0 saturated carbocycles. The third kappa shape index (κ3) is 3.65. The summed E-state index contributed by atoms with van der Waals surface area (Å²) in [5.41, 5.74) is -0.357. The first kappa shape index (κ1) is 14.9. The molecule has 19 heavy (non-hydrogen) atoms. The summed E-state index contributed by atoms with van der Waals surface area (Å²) in [7, 11) is 0. The molecule has 0 aliphatic heterocycles. The van der Waals surface area contributed by atoms with E-state index in [-0.39, 0.29) is 24.1 Å². The van der Waals surface area contributed by atoms with E-state index in [4.69, 9.17) is 10.2 Å². The van der Waals surface area contributed by atoms with Crippen LogP contribution in [0.15, 0.2) is 18.2 Å². The average molecular weight is 268 g/mol. The lowest BCUT2D eigenvalue weighted by Crippen LogP contribution is -2.26. The van der Waals surface area contributed by atoms with E-state index in [1.54, 1.807) is 0 Å². The van der Waals surface area contributed by atoms with Gasteiger partial charge in [-0.05, 0) is 25.0 Å². The molecule has 0 fully saturated rings. The fraction of sp³-hybridized carbons (Fsp3) is 0.417. The summed E-state index contributed by atoms with van der Waals surface area (Å²) in [5.74, 6) is -1.37. The summed E-state index contributed by atoms with van der Waals surface area (Å²) in [6.45, 7) is 3.65. The van der Waals surface area contributed by atoms with Gasteiger partial charge in [-0.25, -0.2) is 4.79 Å². The van der Waals surface area contributed by atoms with Crippen molar-refractivity contribution in [2.24, 2.45) is 5.92 Å². The number of hydrogen-bond acceptors (Lipinski definition) is 5. The van der Waals surface area contributed by atoms with Gasteiger partial charge in [-0.1, -0.05) is 6.92 Å². The summed E-state index contributed by atoms with van der Waals surface area (Å²) in [6.07, 6.45) is 0. The second-order valence-electron chi connectivity index (χ2n) is 4.39. The van der Waals surface area contributed by atoms with E-state index < -0.39 is 16.6 Å². The molecule has 0 bridgehead atoms. The molecule has 0 amide bonds. The van der Waals surface area contributed by atoms with Gasteiger partial charge in [0.2, 0.25) is 0 Å². The molecular formula is C12H16N2O5. The number of anilines is 1. The van der Waals surface area contributed by atoms with Gasteiger partial charge in [0.1, 0.15) is 5.56 Å². The van der Waals surface area contributed by atoms with Crippen molar-refractivity contribution < 1.29 is 19.9 Å². The van der Waals surface area contributed by atoms with Crippen molar-refractivity contribution >= 4 is 17.3 Å². The highest BCUT2D eigenvalue weighted by Crippen LogP contribution is 2.24. The lowest BCUT2D eigenvalue weighted by Gasteiger charge is -2.20.